The quantitative estimate of drug-likeness (QED) is 0.0365. The molecule has 5 N–H and O–H groups in total. The second-order valence-corrected chi connectivity index (χ2v) is 12.9. The minimum absolute atomic E-state index is 0.358. The number of nitrogens with one attached hydrogen (secondary N) is 1. The number of aliphatic hydroxyl groups excluding tert-OH is 4. The van der Waals surface area contributed by atoms with Crippen LogP contribution in [0.1, 0.15) is 174 Å². The molecule has 0 fully saturated rings. The van der Waals surface area contributed by atoms with Crippen LogP contribution in [0.4, 0.5) is 0 Å². The lowest BCUT2D eigenvalue weighted by Gasteiger charge is -2.27. The lowest BCUT2D eigenvalue weighted by Crippen LogP contribution is -2.53. The first-order valence-electron chi connectivity index (χ1n) is 18.9. The van der Waals surface area contributed by atoms with Gasteiger partial charge in [0, 0.05) is 0 Å². The van der Waals surface area contributed by atoms with Gasteiger partial charge in [0.15, 0.2) is 0 Å². The van der Waals surface area contributed by atoms with Crippen molar-refractivity contribution in [2.75, 3.05) is 6.61 Å². The van der Waals surface area contributed by atoms with Gasteiger partial charge in [-0.15, -0.1) is 0 Å². The molecule has 0 aromatic carbocycles. The Kier molecular flexibility index (Phi) is 32.8. The van der Waals surface area contributed by atoms with E-state index in [9.17, 15) is 25.2 Å². The average Bonchev–Trinajstić information content (AvgIpc) is 3.04. The summed E-state index contributed by atoms with van der Waals surface area (Å²) in [7, 11) is 0. The summed E-state index contributed by atoms with van der Waals surface area (Å²) in [6, 6.07) is -1.01. The number of allylic oxidation sites excluding steroid dienone is 6. The third-order valence-electron chi connectivity index (χ3n) is 8.56. The van der Waals surface area contributed by atoms with E-state index in [0.717, 1.165) is 51.4 Å². The molecule has 0 radical (unpaired) electrons. The highest BCUT2D eigenvalue weighted by atomic mass is 16.3. The van der Waals surface area contributed by atoms with Crippen LogP contribution in [-0.2, 0) is 4.79 Å². The van der Waals surface area contributed by atoms with E-state index < -0.39 is 36.9 Å². The van der Waals surface area contributed by atoms with Crippen LogP contribution < -0.4 is 5.32 Å². The summed E-state index contributed by atoms with van der Waals surface area (Å²) >= 11 is 0. The van der Waals surface area contributed by atoms with Crippen molar-refractivity contribution in [3.63, 3.8) is 0 Å². The molecule has 0 spiro atoms. The van der Waals surface area contributed by atoms with Crippen LogP contribution in [-0.4, -0.2) is 57.3 Å². The summed E-state index contributed by atoms with van der Waals surface area (Å²) < 4.78 is 0. The van der Waals surface area contributed by atoms with Crippen LogP contribution in [0.5, 0.6) is 0 Å². The van der Waals surface area contributed by atoms with E-state index in [4.69, 9.17) is 0 Å². The van der Waals surface area contributed by atoms with Crippen molar-refractivity contribution in [2.45, 2.75) is 199 Å². The molecule has 0 aromatic heterocycles. The maximum atomic E-state index is 12.4. The summed E-state index contributed by atoms with van der Waals surface area (Å²) in [5.74, 6) is -0.605. The Bertz CT molecular complexity index is 722. The van der Waals surface area contributed by atoms with Gasteiger partial charge in [0.1, 0.15) is 12.2 Å². The Balaban J connectivity index is 3.88. The topological polar surface area (TPSA) is 110 Å². The highest BCUT2D eigenvalue weighted by Crippen LogP contribution is 2.13. The Hall–Kier alpha value is -1.47. The highest BCUT2D eigenvalue weighted by molar-refractivity contribution is 5.80. The molecule has 1 amide bonds. The lowest BCUT2D eigenvalue weighted by molar-refractivity contribution is -0.132. The molecule has 0 aliphatic carbocycles. The molecule has 0 saturated carbocycles. The van der Waals surface area contributed by atoms with Crippen LogP contribution in [0.2, 0.25) is 0 Å². The van der Waals surface area contributed by atoms with E-state index in [1.807, 2.05) is 0 Å². The number of carbonyl (C=O) groups excluding carboxylic acids is 1. The molecular weight excluding hydrogens is 562 g/mol. The molecular formula is C39H73NO5. The number of aliphatic hydroxyl groups is 4. The monoisotopic (exact) mass is 636 g/mol. The number of carbonyl (C=O) groups is 1. The van der Waals surface area contributed by atoms with Gasteiger partial charge in [-0.1, -0.05) is 147 Å². The van der Waals surface area contributed by atoms with Gasteiger partial charge in [-0.3, -0.25) is 4.79 Å². The van der Waals surface area contributed by atoms with E-state index in [-0.39, 0.29) is 0 Å². The molecule has 4 unspecified atom stereocenters. The Morgan fingerprint density at radius 1 is 0.533 bits per heavy atom. The van der Waals surface area contributed by atoms with Crippen molar-refractivity contribution >= 4 is 5.91 Å². The van der Waals surface area contributed by atoms with Gasteiger partial charge >= 0.3 is 0 Å². The zero-order chi connectivity index (χ0) is 33.2. The summed E-state index contributed by atoms with van der Waals surface area (Å²) in [4.78, 5) is 12.4. The lowest BCUT2D eigenvalue weighted by atomic mass is 10.00. The minimum Gasteiger partial charge on any atom is -0.394 e. The van der Waals surface area contributed by atoms with Crippen LogP contribution >= 0.6 is 0 Å². The van der Waals surface area contributed by atoms with E-state index in [1.165, 1.54) is 89.9 Å². The first-order valence-corrected chi connectivity index (χ1v) is 18.9. The zero-order valence-corrected chi connectivity index (χ0v) is 29.4. The summed E-state index contributed by atoms with van der Waals surface area (Å²) in [5.41, 5.74) is 0. The van der Waals surface area contributed by atoms with Crippen LogP contribution in [0.3, 0.4) is 0 Å². The van der Waals surface area contributed by atoms with Crippen LogP contribution in [0.25, 0.3) is 0 Å². The summed E-state index contributed by atoms with van der Waals surface area (Å²) in [6.45, 7) is 3.97. The van der Waals surface area contributed by atoms with Gasteiger partial charge in [0.25, 0.3) is 0 Å². The van der Waals surface area contributed by atoms with Crippen molar-refractivity contribution in [3.8, 4) is 0 Å². The SMILES string of the molecule is CCCCCCCCC/C=C/CC/C=C/CC/C=C/CCCC(O)C(O)C(CO)NC(=O)C(O)CCCCCCCCCCC. The van der Waals surface area contributed by atoms with Crippen molar-refractivity contribution in [2.24, 2.45) is 0 Å². The number of hydrogen-bond donors (Lipinski definition) is 5. The fourth-order valence-electron chi connectivity index (χ4n) is 5.49. The van der Waals surface area contributed by atoms with E-state index >= 15 is 0 Å². The van der Waals surface area contributed by atoms with Gasteiger partial charge in [0.2, 0.25) is 5.91 Å². The van der Waals surface area contributed by atoms with Crippen molar-refractivity contribution in [3.05, 3.63) is 36.5 Å². The molecule has 0 bridgehead atoms. The van der Waals surface area contributed by atoms with Gasteiger partial charge in [-0.2, -0.15) is 0 Å². The van der Waals surface area contributed by atoms with Gasteiger partial charge in [0.05, 0.1) is 18.8 Å². The van der Waals surface area contributed by atoms with Gasteiger partial charge in [-0.25, -0.2) is 0 Å². The number of rotatable bonds is 33. The molecule has 0 aromatic rings. The molecule has 4 atom stereocenters. The smallest absolute Gasteiger partial charge is 0.249 e. The van der Waals surface area contributed by atoms with E-state index in [0.29, 0.717) is 19.3 Å². The van der Waals surface area contributed by atoms with Crippen molar-refractivity contribution < 1.29 is 25.2 Å². The van der Waals surface area contributed by atoms with Gasteiger partial charge in [-0.05, 0) is 64.2 Å². The van der Waals surface area contributed by atoms with Crippen molar-refractivity contribution in [1.82, 2.24) is 5.32 Å². The predicted molar refractivity (Wildman–Crippen MR) is 191 cm³/mol. The third-order valence-corrected chi connectivity index (χ3v) is 8.56. The fourth-order valence-corrected chi connectivity index (χ4v) is 5.49. The van der Waals surface area contributed by atoms with Crippen LogP contribution in [0.15, 0.2) is 36.5 Å². The number of amides is 1. The molecule has 0 aliphatic rings. The second-order valence-electron chi connectivity index (χ2n) is 12.9. The molecule has 6 heteroatoms. The predicted octanol–water partition coefficient (Wildman–Crippen LogP) is 9.01. The zero-order valence-electron chi connectivity index (χ0n) is 29.4. The normalized spacial score (nSPS) is 14.9. The van der Waals surface area contributed by atoms with E-state index in [1.54, 1.807) is 0 Å². The van der Waals surface area contributed by atoms with Crippen molar-refractivity contribution in [1.29, 1.82) is 0 Å². The molecule has 0 rings (SSSR count). The minimum atomic E-state index is -1.29. The van der Waals surface area contributed by atoms with E-state index in [2.05, 4.69) is 55.6 Å². The second kappa shape index (κ2) is 33.9. The number of hydrogen-bond acceptors (Lipinski definition) is 5. The molecule has 45 heavy (non-hydrogen) atoms. The summed E-state index contributed by atoms with van der Waals surface area (Å²) in [5, 5.41) is 43.3. The highest BCUT2D eigenvalue weighted by Gasteiger charge is 2.28. The maximum absolute atomic E-state index is 12.4. The van der Waals surface area contributed by atoms with Crippen LogP contribution in [0, 0.1) is 0 Å². The first kappa shape index (κ1) is 43.5. The molecule has 6 nitrogen and oxygen atoms in total. The molecule has 264 valence electrons. The third kappa shape index (κ3) is 28.5. The molecule has 0 aliphatic heterocycles. The largest absolute Gasteiger partial charge is 0.394 e. The molecule has 0 saturated heterocycles. The molecule has 0 heterocycles. The Morgan fingerprint density at radius 2 is 0.933 bits per heavy atom. The maximum Gasteiger partial charge on any atom is 0.249 e. The standard InChI is InChI=1S/C39H73NO5/c1-3-5-7-9-11-13-14-15-16-17-18-19-20-21-22-23-25-26-28-30-32-36(42)38(44)35(34-41)40-39(45)37(43)33-31-29-27-24-12-10-8-6-4-2/h16-17,20-21,25-26,35-38,41-44H,3-15,18-19,22-24,27-34H2,1-2H3,(H,40,45)/b17-16+,21-20+,26-25+. The average molecular weight is 636 g/mol. The Morgan fingerprint density at radius 3 is 1.40 bits per heavy atom. The van der Waals surface area contributed by atoms with Gasteiger partial charge < -0.3 is 25.7 Å². The fraction of sp³-hybridized carbons (Fsp3) is 0.821. The summed E-state index contributed by atoms with van der Waals surface area (Å²) in [6.07, 6.45) is 37.5. The Labute approximate surface area is 277 Å². The first-order chi connectivity index (χ1) is 22.0. The number of unbranched alkanes of at least 4 members (excludes halogenated alkanes) is 18.